The van der Waals surface area contributed by atoms with Crippen molar-refractivity contribution in [3.8, 4) is 17.2 Å². The number of aliphatic hydroxyl groups is 1. The van der Waals surface area contributed by atoms with Crippen LogP contribution in [0.4, 0.5) is 10.5 Å². The normalized spacial score (nSPS) is 16.7. The van der Waals surface area contributed by atoms with Crippen molar-refractivity contribution in [3.05, 3.63) is 59.3 Å². The molecule has 2 aliphatic rings. The van der Waals surface area contributed by atoms with E-state index in [0.29, 0.717) is 35.3 Å². The minimum atomic E-state index is -0.664. The predicted molar refractivity (Wildman–Crippen MR) is 146 cm³/mol. The Kier molecular flexibility index (Phi) is 7.71. The minimum Gasteiger partial charge on any atom is -0.496 e. The maximum Gasteiger partial charge on any atom is 0.319 e. The monoisotopic (exact) mass is 542 g/mol. The number of carbonyl (C=O) groups excluding carboxylic acids is 1. The summed E-state index contributed by atoms with van der Waals surface area (Å²) in [6.45, 7) is 1.28. The number of pyridine rings is 1. The number of nitrogens with one attached hydrogen (secondary N) is 2. The summed E-state index contributed by atoms with van der Waals surface area (Å²) < 4.78 is 11.9. The largest absolute Gasteiger partial charge is 0.496 e. The highest BCUT2D eigenvalue weighted by molar-refractivity contribution is 6.33. The van der Waals surface area contributed by atoms with E-state index in [1.54, 1.807) is 37.6 Å². The molecule has 1 fully saturated rings. The summed E-state index contributed by atoms with van der Waals surface area (Å²) in [6.07, 6.45) is 5.86. The number of amides is 2. The Balaban J connectivity index is 1.40. The lowest BCUT2D eigenvalue weighted by molar-refractivity contribution is 0.0295. The average Bonchev–Trinajstić information content (AvgIpc) is 3.73. The molecule has 37 heavy (non-hydrogen) atoms. The summed E-state index contributed by atoms with van der Waals surface area (Å²) in [5, 5.41) is 16.9. The van der Waals surface area contributed by atoms with Crippen LogP contribution in [0.3, 0.4) is 0 Å². The maximum atomic E-state index is 12.1. The number of aliphatic hydroxyl groups excluding tert-OH is 1. The lowest BCUT2D eigenvalue weighted by atomic mass is 9.96. The third-order valence-corrected chi connectivity index (χ3v) is 7.09. The number of rotatable bonds is 8. The van der Waals surface area contributed by atoms with E-state index in [1.165, 1.54) is 0 Å². The smallest absolute Gasteiger partial charge is 0.319 e. The van der Waals surface area contributed by atoms with Crippen LogP contribution in [0.1, 0.15) is 24.8 Å². The number of alkyl halides is 1. The molecule has 1 saturated carbocycles. The van der Waals surface area contributed by atoms with Crippen molar-refractivity contribution in [1.82, 2.24) is 15.2 Å². The first kappa shape index (κ1) is 25.6. The lowest BCUT2D eigenvalue weighted by Crippen LogP contribution is -2.39. The number of fused-ring (bicyclic) bond motifs is 1. The number of aromatic nitrogens is 1. The van der Waals surface area contributed by atoms with Crippen LogP contribution in [0.15, 0.2) is 48.7 Å². The second kappa shape index (κ2) is 11.1. The zero-order valence-electron chi connectivity index (χ0n) is 20.3. The van der Waals surface area contributed by atoms with E-state index >= 15 is 0 Å². The molecule has 8 nitrogen and oxygen atoms in total. The van der Waals surface area contributed by atoms with Gasteiger partial charge in [-0.15, -0.1) is 11.6 Å². The molecule has 2 amide bonds. The third-order valence-electron chi connectivity index (χ3n) is 6.50. The first-order chi connectivity index (χ1) is 17.9. The van der Waals surface area contributed by atoms with E-state index in [1.807, 2.05) is 17.0 Å². The molecule has 10 heteroatoms. The van der Waals surface area contributed by atoms with Crippen molar-refractivity contribution < 1.29 is 19.4 Å². The highest BCUT2D eigenvalue weighted by Crippen LogP contribution is 2.38. The fourth-order valence-corrected chi connectivity index (χ4v) is 4.73. The Morgan fingerprint density at radius 2 is 2.08 bits per heavy atom. The molecular formula is C27H28Cl2N4O4. The van der Waals surface area contributed by atoms with Gasteiger partial charge in [-0.05, 0) is 49.1 Å². The van der Waals surface area contributed by atoms with Gasteiger partial charge in [-0.25, -0.2) is 4.79 Å². The molecule has 194 valence electrons. The van der Waals surface area contributed by atoms with Crippen molar-refractivity contribution in [3.63, 3.8) is 0 Å². The van der Waals surface area contributed by atoms with Gasteiger partial charge in [0.05, 0.1) is 29.2 Å². The molecule has 1 aliphatic carbocycles. The number of carbonyl (C=O) groups is 1. The lowest BCUT2D eigenvalue weighted by Gasteiger charge is -2.30. The van der Waals surface area contributed by atoms with Gasteiger partial charge >= 0.3 is 6.03 Å². The maximum absolute atomic E-state index is 12.1. The number of ether oxygens (including phenoxy) is 2. The van der Waals surface area contributed by atoms with Gasteiger partial charge in [-0.3, -0.25) is 9.88 Å². The van der Waals surface area contributed by atoms with E-state index in [4.69, 9.17) is 32.7 Å². The second-order valence-electron chi connectivity index (χ2n) is 9.10. The van der Waals surface area contributed by atoms with Gasteiger partial charge in [0.2, 0.25) is 0 Å². The predicted octanol–water partition coefficient (Wildman–Crippen LogP) is 5.62. The molecule has 1 aromatic heterocycles. The van der Waals surface area contributed by atoms with Crippen molar-refractivity contribution >= 4 is 51.4 Å². The van der Waals surface area contributed by atoms with Crippen molar-refractivity contribution in [2.75, 3.05) is 31.4 Å². The van der Waals surface area contributed by atoms with Gasteiger partial charge in [0.25, 0.3) is 0 Å². The van der Waals surface area contributed by atoms with E-state index in [0.717, 1.165) is 47.1 Å². The van der Waals surface area contributed by atoms with Crippen LogP contribution < -0.4 is 20.1 Å². The summed E-state index contributed by atoms with van der Waals surface area (Å²) in [6, 6.07) is 10.9. The number of urea groups is 1. The van der Waals surface area contributed by atoms with Crippen LogP contribution in [0, 0.1) is 0 Å². The van der Waals surface area contributed by atoms with Crippen LogP contribution in [0.2, 0.25) is 5.02 Å². The Morgan fingerprint density at radius 1 is 1.24 bits per heavy atom. The van der Waals surface area contributed by atoms with E-state index in [-0.39, 0.29) is 18.0 Å². The van der Waals surface area contributed by atoms with Gasteiger partial charge in [0.1, 0.15) is 23.5 Å². The number of hydrogen-bond donors (Lipinski definition) is 3. The topological polar surface area (TPSA) is 96.0 Å². The number of benzene rings is 2. The fraction of sp³-hybridized carbons (Fsp3) is 0.333. The number of methoxy groups -OCH3 is 1. The summed E-state index contributed by atoms with van der Waals surface area (Å²) in [4.78, 5) is 18.5. The molecule has 2 aromatic carbocycles. The van der Waals surface area contributed by atoms with E-state index in [9.17, 15) is 9.90 Å². The second-order valence-corrected chi connectivity index (χ2v) is 9.82. The molecule has 1 atom stereocenters. The van der Waals surface area contributed by atoms with Gasteiger partial charge in [0.15, 0.2) is 0 Å². The van der Waals surface area contributed by atoms with Gasteiger partial charge < -0.3 is 25.2 Å². The molecule has 0 bridgehead atoms. The van der Waals surface area contributed by atoms with Crippen LogP contribution in [0.25, 0.3) is 16.5 Å². The molecule has 5 rings (SSSR count). The summed E-state index contributed by atoms with van der Waals surface area (Å²) >= 11 is 12.2. The molecule has 1 unspecified atom stereocenters. The summed E-state index contributed by atoms with van der Waals surface area (Å²) in [7, 11) is 1.64. The molecule has 3 aromatic rings. The van der Waals surface area contributed by atoms with Crippen molar-refractivity contribution in [1.29, 1.82) is 0 Å². The Bertz CT molecular complexity index is 1350. The number of halogens is 2. The zero-order valence-corrected chi connectivity index (χ0v) is 21.9. The molecule has 2 heterocycles. The Labute approximate surface area is 225 Å². The fourth-order valence-electron chi connectivity index (χ4n) is 4.31. The van der Waals surface area contributed by atoms with Gasteiger partial charge in [-0.2, -0.15) is 0 Å². The van der Waals surface area contributed by atoms with E-state index in [2.05, 4.69) is 21.7 Å². The molecule has 0 spiro atoms. The average molecular weight is 543 g/mol. The van der Waals surface area contributed by atoms with Gasteiger partial charge in [0, 0.05) is 48.4 Å². The van der Waals surface area contributed by atoms with Crippen LogP contribution in [0.5, 0.6) is 17.2 Å². The number of anilines is 1. The van der Waals surface area contributed by atoms with Crippen LogP contribution in [-0.4, -0.2) is 59.4 Å². The number of hydrogen-bond acceptors (Lipinski definition) is 6. The minimum absolute atomic E-state index is 0.170. The standard InChI is InChI=1S/C27H28Cl2N4O4/c1-36-25-14-23-20(13-19(25)16-7-10-33(11-8-16)26(34)15-28)24(6-9-30-23)37-18-4-5-22(21(29)12-18)32-27(35)31-17-2-3-17/h4-7,9,12-14,17,26,34H,2-3,8,10-11,15H2,1H3,(H2,31,32,35). The zero-order chi connectivity index (χ0) is 25.9. The Hall–Kier alpha value is -3.04. The third kappa shape index (κ3) is 5.93. The van der Waals surface area contributed by atoms with Crippen LogP contribution >= 0.6 is 23.2 Å². The number of nitrogens with zero attached hydrogens (tertiary/aromatic N) is 2. The van der Waals surface area contributed by atoms with Crippen LogP contribution in [-0.2, 0) is 0 Å². The molecule has 3 N–H and O–H groups in total. The van der Waals surface area contributed by atoms with Gasteiger partial charge in [-0.1, -0.05) is 17.7 Å². The van der Waals surface area contributed by atoms with Crippen molar-refractivity contribution in [2.24, 2.45) is 0 Å². The molecule has 1 aliphatic heterocycles. The highest BCUT2D eigenvalue weighted by Gasteiger charge is 2.24. The summed E-state index contributed by atoms with van der Waals surface area (Å²) in [5.74, 6) is 2.04. The highest BCUT2D eigenvalue weighted by atomic mass is 35.5. The SMILES string of the molecule is COc1cc2nccc(Oc3ccc(NC(=O)NC4CC4)c(Cl)c3)c2cc1C1=CCN(C(O)CCl)CC1. The first-order valence-corrected chi connectivity index (χ1v) is 13.1. The van der Waals surface area contributed by atoms with Crippen molar-refractivity contribution in [2.45, 2.75) is 31.5 Å². The Morgan fingerprint density at radius 3 is 2.76 bits per heavy atom. The molecule has 0 saturated heterocycles. The quantitative estimate of drug-likeness (QED) is 0.320. The summed E-state index contributed by atoms with van der Waals surface area (Å²) in [5.41, 5.74) is 3.31. The van der Waals surface area contributed by atoms with E-state index < -0.39 is 6.23 Å². The first-order valence-electron chi connectivity index (χ1n) is 12.1. The molecule has 0 radical (unpaired) electrons. The molecular weight excluding hydrogens is 515 g/mol.